The molecule has 0 aliphatic carbocycles. The van der Waals surface area contributed by atoms with Gasteiger partial charge in [0.1, 0.15) is 32.7 Å². The molecule has 0 spiro atoms. The molecule has 0 saturated carbocycles. The van der Waals surface area contributed by atoms with E-state index in [1.807, 2.05) is 29.5 Å². The Morgan fingerprint density at radius 1 is 1.07 bits per heavy atom. The van der Waals surface area contributed by atoms with Gasteiger partial charge in [-0.05, 0) is 29.1 Å². The van der Waals surface area contributed by atoms with E-state index in [-0.39, 0.29) is 5.91 Å². The summed E-state index contributed by atoms with van der Waals surface area (Å²) in [6.07, 6.45) is 0. The van der Waals surface area contributed by atoms with Crippen LogP contribution in [0.25, 0.3) is 0 Å². The second kappa shape index (κ2) is 9.73. The Kier molecular flexibility index (Phi) is 7.09. The van der Waals surface area contributed by atoms with Crippen LogP contribution in [0, 0.1) is 0 Å². The third-order valence-corrected chi connectivity index (χ3v) is 5.89. The Bertz CT molecular complexity index is 728. The Morgan fingerprint density at radius 2 is 1.81 bits per heavy atom. The minimum absolute atomic E-state index is 0.0986. The molecule has 0 bridgehead atoms. The fourth-order valence-electron chi connectivity index (χ4n) is 3.45. The smallest absolute Gasteiger partial charge is 0.275 e. The number of hydrogen-bond donors (Lipinski definition) is 3. The van der Waals surface area contributed by atoms with E-state index in [2.05, 4.69) is 22.8 Å². The molecule has 7 heteroatoms. The maximum atomic E-state index is 12.3. The van der Waals surface area contributed by atoms with Gasteiger partial charge in [-0.25, -0.2) is 0 Å². The molecule has 1 amide bonds. The lowest BCUT2D eigenvalue weighted by Gasteiger charge is -2.29. The number of methoxy groups -OCH3 is 2. The van der Waals surface area contributed by atoms with E-state index in [0.29, 0.717) is 24.6 Å². The summed E-state index contributed by atoms with van der Waals surface area (Å²) < 4.78 is 10.6. The largest absolute Gasteiger partial charge is 0.493 e. The average molecular weight is 392 g/mol. The molecule has 1 aromatic carbocycles. The van der Waals surface area contributed by atoms with Gasteiger partial charge in [-0.2, -0.15) is 0 Å². The van der Waals surface area contributed by atoms with Crippen LogP contribution in [0.2, 0.25) is 0 Å². The molecule has 1 saturated heterocycles. The van der Waals surface area contributed by atoms with Gasteiger partial charge in [0.2, 0.25) is 0 Å². The molecule has 1 fully saturated rings. The lowest BCUT2D eigenvalue weighted by Crippen LogP contribution is -3.28. The van der Waals surface area contributed by atoms with Gasteiger partial charge in [-0.3, -0.25) is 4.79 Å². The summed E-state index contributed by atoms with van der Waals surface area (Å²) in [4.78, 5) is 16.7. The average Bonchev–Trinajstić information content (AvgIpc) is 3.20. The number of quaternary nitrogens is 2. The van der Waals surface area contributed by atoms with Crippen LogP contribution < -0.4 is 24.6 Å². The van der Waals surface area contributed by atoms with Crippen molar-refractivity contribution in [2.24, 2.45) is 0 Å². The Labute approximate surface area is 164 Å². The van der Waals surface area contributed by atoms with Gasteiger partial charge >= 0.3 is 0 Å². The summed E-state index contributed by atoms with van der Waals surface area (Å²) in [6, 6.07) is 10.0. The highest BCUT2D eigenvalue weighted by Gasteiger charge is 2.24. The van der Waals surface area contributed by atoms with E-state index in [1.54, 1.807) is 19.1 Å². The summed E-state index contributed by atoms with van der Waals surface area (Å²) in [5, 5.41) is 5.16. The lowest BCUT2D eigenvalue weighted by molar-refractivity contribution is -1.01. The third-order valence-electron chi connectivity index (χ3n) is 5.02. The van der Waals surface area contributed by atoms with Crippen LogP contribution in [0.4, 0.5) is 0 Å². The number of nitrogens with one attached hydrogen (secondary N) is 3. The predicted molar refractivity (Wildman–Crippen MR) is 106 cm³/mol. The molecule has 0 unspecified atom stereocenters. The van der Waals surface area contributed by atoms with Crippen molar-refractivity contribution in [2.75, 3.05) is 46.9 Å². The lowest BCUT2D eigenvalue weighted by atomic mass is 10.2. The van der Waals surface area contributed by atoms with E-state index in [1.165, 1.54) is 9.78 Å². The van der Waals surface area contributed by atoms with Crippen molar-refractivity contribution in [1.82, 2.24) is 5.32 Å². The summed E-state index contributed by atoms with van der Waals surface area (Å²) in [7, 11) is 3.23. The van der Waals surface area contributed by atoms with Crippen molar-refractivity contribution in [2.45, 2.75) is 13.1 Å². The van der Waals surface area contributed by atoms with Gasteiger partial charge in [0.15, 0.2) is 18.0 Å². The second-order valence-corrected chi connectivity index (χ2v) is 7.93. The molecule has 1 aromatic heterocycles. The van der Waals surface area contributed by atoms with Crippen LogP contribution in [0.15, 0.2) is 35.7 Å². The van der Waals surface area contributed by atoms with Gasteiger partial charge in [-0.1, -0.05) is 12.1 Å². The SMILES string of the molecule is COc1ccc(CNC(=O)C[NH+]2CC[NH+](Cc3cccs3)CC2)cc1OC. The zero-order valence-corrected chi connectivity index (χ0v) is 16.9. The fraction of sp³-hybridized carbons (Fsp3) is 0.450. The van der Waals surface area contributed by atoms with Gasteiger partial charge in [0.25, 0.3) is 5.91 Å². The molecule has 3 rings (SSSR count). The molecule has 27 heavy (non-hydrogen) atoms. The van der Waals surface area contributed by atoms with Gasteiger partial charge < -0.3 is 24.6 Å². The van der Waals surface area contributed by atoms with E-state index in [9.17, 15) is 4.79 Å². The molecular weight excluding hydrogens is 362 g/mol. The summed E-state index contributed by atoms with van der Waals surface area (Å²) >= 11 is 1.83. The molecule has 2 heterocycles. The number of thiophene rings is 1. The Hall–Kier alpha value is -2.09. The normalized spacial score (nSPS) is 19.5. The molecule has 146 valence electrons. The van der Waals surface area contributed by atoms with Crippen LogP contribution in [0.1, 0.15) is 10.4 Å². The van der Waals surface area contributed by atoms with E-state index >= 15 is 0 Å². The number of benzene rings is 1. The first-order valence-electron chi connectivity index (χ1n) is 9.35. The predicted octanol–water partition coefficient (Wildman–Crippen LogP) is -0.635. The van der Waals surface area contributed by atoms with E-state index < -0.39 is 0 Å². The van der Waals surface area contributed by atoms with E-state index in [4.69, 9.17) is 9.47 Å². The van der Waals surface area contributed by atoms with Crippen LogP contribution >= 0.6 is 11.3 Å². The molecule has 0 radical (unpaired) electrons. The highest BCUT2D eigenvalue weighted by molar-refractivity contribution is 7.09. The zero-order chi connectivity index (χ0) is 19.1. The maximum Gasteiger partial charge on any atom is 0.275 e. The van der Waals surface area contributed by atoms with Crippen LogP contribution in [0.3, 0.4) is 0 Å². The van der Waals surface area contributed by atoms with Gasteiger partial charge in [-0.15, -0.1) is 11.3 Å². The maximum absolute atomic E-state index is 12.3. The number of carbonyl (C=O) groups is 1. The molecular formula is C20H29N3O3S+2. The first-order valence-corrected chi connectivity index (χ1v) is 10.2. The number of ether oxygens (including phenoxy) is 2. The number of carbonyl (C=O) groups excluding carboxylic acids is 1. The summed E-state index contributed by atoms with van der Waals surface area (Å²) in [5.74, 6) is 1.47. The Morgan fingerprint density at radius 3 is 2.48 bits per heavy atom. The number of hydrogen-bond acceptors (Lipinski definition) is 4. The molecule has 2 aromatic rings. The summed E-state index contributed by atoms with van der Waals surface area (Å²) in [5.41, 5.74) is 1.00. The number of rotatable bonds is 8. The highest BCUT2D eigenvalue weighted by atomic mass is 32.1. The first kappa shape index (κ1) is 19.7. The third kappa shape index (κ3) is 5.69. The molecule has 1 aliphatic rings. The molecule has 0 atom stereocenters. The van der Waals surface area contributed by atoms with Crippen LogP contribution in [-0.4, -0.2) is 52.9 Å². The highest BCUT2D eigenvalue weighted by Crippen LogP contribution is 2.27. The number of amides is 1. The zero-order valence-electron chi connectivity index (χ0n) is 16.0. The quantitative estimate of drug-likeness (QED) is 0.562. The van der Waals surface area contributed by atoms with Crippen molar-refractivity contribution in [3.05, 3.63) is 46.2 Å². The van der Waals surface area contributed by atoms with Gasteiger partial charge in [0.05, 0.1) is 19.1 Å². The van der Waals surface area contributed by atoms with Crippen molar-refractivity contribution < 1.29 is 24.1 Å². The summed E-state index contributed by atoms with van der Waals surface area (Å²) in [6.45, 7) is 6.49. The standard InChI is InChI=1S/C20H27N3O3S/c1-25-18-6-5-16(12-19(18)26-2)13-21-20(24)15-23-9-7-22(8-10-23)14-17-4-3-11-27-17/h3-6,11-12H,7-10,13-15H2,1-2H3,(H,21,24)/p+2. The fourth-order valence-corrected chi connectivity index (χ4v) is 4.23. The van der Waals surface area contributed by atoms with E-state index in [0.717, 1.165) is 38.3 Å². The number of piperazine rings is 1. The van der Waals surface area contributed by atoms with Crippen LogP contribution in [-0.2, 0) is 17.9 Å². The van der Waals surface area contributed by atoms with Crippen LogP contribution in [0.5, 0.6) is 11.5 Å². The molecule has 1 aliphatic heterocycles. The van der Waals surface area contributed by atoms with Crippen molar-refractivity contribution >= 4 is 17.2 Å². The second-order valence-electron chi connectivity index (χ2n) is 6.90. The van der Waals surface area contributed by atoms with Gasteiger partial charge in [0, 0.05) is 6.54 Å². The Balaban J connectivity index is 1.40. The molecule has 3 N–H and O–H groups in total. The minimum atomic E-state index is 0.0986. The van der Waals surface area contributed by atoms with Crippen molar-refractivity contribution in [3.63, 3.8) is 0 Å². The topological polar surface area (TPSA) is 56.4 Å². The van der Waals surface area contributed by atoms with Crippen molar-refractivity contribution in [1.29, 1.82) is 0 Å². The van der Waals surface area contributed by atoms with Crippen molar-refractivity contribution in [3.8, 4) is 11.5 Å². The minimum Gasteiger partial charge on any atom is -0.493 e. The first-order chi connectivity index (χ1) is 13.2. The monoisotopic (exact) mass is 391 g/mol. The molecule has 6 nitrogen and oxygen atoms in total.